The van der Waals surface area contributed by atoms with Gasteiger partial charge in [-0.15, -0.1) is 0 Å². The molecule has 0 aliphatic rings. The third-order valence-electron chi connectivity index (χ3n) is 4.44. The van der Waals surface area contributed by atoms with Gasteiger partial charge in [-0.05, 0) is 74.5 Å². The lowest BCUT2D eigenvalue weighted by molar-refractivity contribution is 0.267. The third kappa shape index (κ3) is 5.11. The van der Waals surface area contributed by atoms with Crippen LogP contribution in [-0.4, -0.2) is 40.9 Å². The highest BCUT2D eigenvalue weighted by Gasteiger charge is 2.16. The molecule has 0 bridgehead atoms. The average molecular weight is 294 g/mol. The topological polar surface area (TPSA) is 33.1 Å². The van der Waals surface area contributed by atoms with Crippen LogP contribution in [0.25, 0.3) is 0 Å². The molecule has 0 aromatic carbocycles. The van der Waals surface area contributed by atoms with Gasteiger partial charge in [0.25, 0.3) is 0 Å². The first-order valence-electron chi connectivity index (χ1n) is 8.36. The van der Waals surface area contributed by atoms with Crippen LogP contribution in [0.4, 0.5) is 0 Å². The molecule has 122 valence electrons. The smallest absolute Gasteiger partial charge is 0.0644 e. The fraction of sp³-hybridized carbons (Fsp3) is 0.824. The fourth-order valence-electron chi connectivity index (χ4n) is 2.81. The van der Waals surface area contributed by atoms with Crippen molar-refractivity contribution >= 4 is 0 Å². The number of aromatic nitrogens is 2. The summed E-state index contributed by atoms with van der Waals surface area (Å²) in [7, 11) is 2.20. The zero-order chi connectivity index (χ0) is 16.0. The maximum Gasteiger partial charge on any atom is 0.0644 e. The fourth-order valence-corrected chi connectivity index (χ4v) is 2.81. The second-order valence-electron chi connectivity index (χ2n) is 6.36. The van der Waals surface area contributed by atoms with E-state index in [0.717, 1.165) is 18.8 Å². The molecule has 1 N–H and O–H groups in total. The number of aryl methyl sites for hydroxylation is 2. The predicted octanol–water partition coefficient (Wildman–Crippen LogP) is 3.29. The van der Waals surface area contributed by atoms with E-state index in [2.05, 4.69) is 68.6 Å². The highest BCUT2D eigenvalue weighted by molar-refractivity contribution is 5.27. The van der Waals surface area contributed by atoms with Crippen LogP contribution in [0.15, 0.2) is 0 Å². The SMILES string of the molecule is CCn1nc(C)c(C(C)NCCCCN(C)C(C)C)c1C. The molecule has 1 unspecified atom stereocenters. The molecule has 0 saturated carbocycles. The van der Waals surface area contributed by atoms with Gasteiger partial charge in [0.1, 0.15) is 0 Å². The number of rotatable bonds is 9. The van der Waals surface area contributed by atoms with Crippen LogP contribution >= 0.6 is 0 Å². The summed E-state index contributed by atoms with van der Waals surface area (Å²) in [5, 5.41) is 8.26. The van der Waals surface area contributed by atoms with E-state index in [1.165, 1.54) is 30.6 Å². The lowest BCUT2D eigenvalue weighted by Crippen LogP contribution is -2.28. The number of nitrogens with zero attached hydrogens (tertiary/aromatic N) is 3. The van der Waals surface area contributed by atoms with E-state index in [9.17, 15) is 0 Å². The number of nitrogens with one attached hydrogen (secondary N) is 1. The van der Waals surface area contributed by atoms with Gasteiger partial charge in [-0.3, -0.25) is 4.68 Å². The summed E-state index contributed by atoms with van der Waals surface area (Å²) in [5.74, 6) is 0. The zero-order valence-corrected chi connectivity index (χ0v) is 15.0. The Bertz CT molecular complexity index is 423. The summed E-state index contributed by atoms with van der Waals surface area (Å²) in [6.45, 7) is 16.4. The van der Waals surface area contributed by atoms with E-state index in [0.29, 0.717) is 12.1 Å². The maximum atomic E-state index is 4.61. The van der Waals surface area contributed by atoms with Gasteiger partial charge >= 0.3 is 0 Å². The van der Waals surface area contributed by atoms with Gasteiger partial charge in [-0.1, -0.05) is 0 Å². The van der Waals surface area contributed by atoms with E-state index in [-0.39, 0.29) is 0 Å². The van der Waals surface area contributed by atoms with Crippen molar-refractivity contribution in [3.05, 3.63) is 17.0 Å². The normalized spacial score (nSPS) is 13.4. The van der Waals surface area contributed by atoms with Gasteiger partial charge in [0, 0.05) is 29.9 Å². The molecule has 0 radical (unpaired) electrons. The van der Waals surface area contributed by atoms with Gasteiger partial charge in [0.15, 0.2) is 0 Å². The Labute approximate surface area is 130 Å². The monoisotopic (exact) mass is 294 g/mol. The molecule has 0 spiro atoms. The van der Waals surface area contributed by atoms with E-state index in [4.69, 9.17) is 0 Å². The van der Waals surface area contributed by atoms with E-state index in [1.807, 2.05) is 0 Å². The van der Waals surface area contributed by atoms with Crippen molar-refractivity contribution in [2.45, 2.75) is 73.0 Å². The summed E-state index contributed by atoms with van der Waals surface area (Å²) in [5.41, 5.74) is 3.83. The van der Waals surface area contributed by atoms with Gasteiger partial charge in [-0.25, -0.2) is 0 Å². The molecule has 0 fully saturated rings. The summed E-state index contributed by atoms with van der Waals surface area (Å²) >= 11 is 0. The second-order valence-corrected chi connectivity index (χ2v) is 6.36. The molecule has 4 heteroatoms. The second kappa shape index (κ2) is 8.54. The van der Waals surface area contributed by atoms with Crippen molar-refractivity contribution in [2.75, 3.05) is 20.1 Å². The zero-order valence-electron chi connectivity index (χ0n) is 15.0. The molecular formula is C17H34N4. The van der Waals surface area contributed by atoms with Gasteiger partial charge in [-0.2, -0.15) is 5.10 Å². The van der Waals surface area contributed by atoms with Crippen LogP contribution in [0.5, 0.6) is 0 Å². The molecule has 0 saturated heterocycles. The Balaban J connectivity index is 2.38. The Kier molecular flexibility index (Phi) is 7.40. The third-order valence-corrected chi connectivity index (χ3v) is 4.44. The summed E-state index contributed by atoms with van der Waals surface area (Å²) in [4.78, 5) is 2.41. The Morgan fingerprint density at radius 3 is 2.38 bits per heavy atom. The maximum absolute atomic E-state index is 4.61. The Morgan fingerprint density at radius 1 is 1.19 bits per heavy atom. The largest absolute Gasteiger partial charge is 0.310 e. The van der Waals surface area contributed by atoms with Crippen LogP contribution in [0, 0.1) is 13.8 Å². The Morgan fingerprint density at radius 2 is 1.86 bits per heavy atom. The van der Waals surface area contributed by atoms with Gasteiger partial charge in [0.2, 0.25) is 0 Å². The van der Waals surface area contributed by atoms with Crippen molar-refractivity contribution in [1.29, 1.82) is 0 Å². The number of hydrogen-bond donors (Lipinski definition) is 1. The summed E-state index contributed by atoms with van der Waals surface area (Å²) < 4.78 is 2.10. The molecular weight excluding hydrogens is 260 g/mol. The molecule has 21 heavy (non-hydrogen) atoms. The van der Waals surface area contributed by atoms with E-state index < -0.39 is 0 Å². The van der Waals surface area contributed by atoms with Crippen molar-refractivity contribution < 1.29 is 0 Å². The van der Waals surface area contributed by atoms with Crippen LogP contribution < -0.4 is 5.32 Å². The van der Waals surface area contributed by atoms with E-state index in [1.54, 1.807) is 0 Å². The first-order valence-corrected chi connectivity index (χ1v) is 8.36. The first-order chi connectivity index (χ1) is 9.88. The van der Waals surface area contributed by atoms with Crippen LogP contribution in [-0.2, 0) is 6.54 Å². The first kappa shape index (κ1) is 18.2. The summed E-state index contributed by atoms with van der Waals surface area (Å²) in [6.07, 6.45) is 2.47. The number of unbranched alkanes of at least 4 members (excludes halogenated alkanes) is 1. The minimum Gasteiger partial charge on any atom is -0.310 e. The Hall–Kier alpha value is -0.870. The van der Waals surface area contributed by atoms with Crippen molar-refractivity contribution in [1.82, 2.24) is 20.0 Å². The molecule has 0 aliphatic carbocycles. The quantitative estimate of drug-likeness (QED) is 0.710. The molecule has 0 amide bonds. The highest BCUT2D eigenvalue weighted by atomic mass is 15.3. The summed E-state index contributed by atoms with van der Waals surface area (Å²) in [6, 6.07) is 1.02. The molecule has 4 nitrogen and oxygen atoms in total. The molecule has 1 rings (SSSR count). The molecule has 1 heterocycles. The van der Waals surface area contributed by atoms with E-state index >= 15 is 0 Å². The molecule has 1 aromatic heterocycles. The lowest BCUT2D eigenvalue weighted by Gasteiger charge is -2.21. The van der Waals surface area contributed by atoms with Gasteiger partial charge < -0.3 is 10.2 Å². The molecule has 1 atom stereocenters. The van der Waals surface area contributed by atoms with Gasteiger partial charge in [0.05, 0.1) is 5.69 Å². The minimum absolute atomic E-state index is 0.383. The highest BCUT2D eigenvalue weighted by Crippen LogP contribution is 2.21. The van der Waals surface area contributed by atoms with Crippen molar-refractivity contribution in [3.63, 3.8) is 0 Å². The van der Waals surface area contributed by atoms with Crippen molar-refractivity contribution in [3.8, 4) is 0 Å². The van der Waals surface area contributed by atoms with Crippen molar-refractivity contribution in [2.24, 2.45) is 0 Å². The lowest BCUT2D eigenvalue weighted by atomic mass is 10.1. The van der Waals surface area contributed by atoms with Crippen LogP contribution in [0.1, 0.15) is 63.5 Å². The molecule has 0 aliphatic heterocycles. The number of hydrogen-bond acceptors (Lipinski definition) is 3. The van der Waals surface area contributed by atoms with Crippen LogP contribution in [0.2, 0.25) is 0 Å². The standard InChI is InChI=1S/C17H34N4/c1-8-21-16(6)17(15(5)19-21)14(4)18-11-9-10-12-20(7)13(2)3/h13-14,18H,8-12H2,1-7H3. The average Bonchev–Trinajstić information content (AvgIpc) is 2.72. The predicted molar refractivity (Wildman–Crippen MR) is 90.8 cm³/mol. The minimum atomic E-state index is 0.383. The van der Waals surface area contributed by atoms with Crippen LogP contribution in [0.3, 0.4) is 0 Å². The molecule has 1 aromatic rings.